The Morgan fingerprint density at radius 2 is 2.06 bits per heavy atom. The number of ether oxygens (including phenoxy) is 1. The molecule has 0 fully saturated rings. The van der Waals surface area contributed by atoms with Crippen LogP contribution in [0.15, 0.2) is 24.3 Å². The number of hydrogen-bond donors (Lipinski definition) is 2. The van der Waals surface area contributed by atoms with Gasteiger partial charge in [-0.25, -0.2) is 0 Å². The Kier molecular flexibility index (Phi) is 7.22. The molecule has 0 aliphatic carbocycles. The molecule has 0 unspecified atom stereocenters. The predicted octanol–water partition coefficient (Wildman–Crippen LogP) is 1.72. The van der Waals surface area contributed by atoms with E-state index in [0.29, 0.717) is 0 Å². The lowest BCUT2D eigenvalue weighted by atomic mass is 10.2. The molecule has 0 aromatic heterocycles. The summed E-state index contributed by atoms with van der Waals surface area (Å²) in [6.45, 7) is 6.40. The summed E-state index contributed by atoms with van der Waals surface area (Å²) >= 11 is 0. The Hall–Kier alpha value is -1.26. The van der Waals surface area contributed by atoms with E-state index in [4.69, 9.17) is 10.5 Å². The minimum atomic E-state index is 0.740. The number of nitrogens with one attached hydrogen (secondary N) is 1. The van der Waals surface area contributed by atoms with Gasteiger partial charge in [0.05, 0.1) is 18.0 Å². The highest BCUT2D eigenvalue weighted by Crippen LogP contribution is 2.22. The number of nitrogens with zero attached hydrogens (tertiary/aromatic N) is 1. The van der Waals surface area contributed by atoms with Crippen molar-refractivity contribution in [1.29, 1.82) is 0 Å². The standard InChI is InChI=1S/C14H25N3O/c1-3-18-12-11-17(10-6-9-16-2)14-8-5-4-7-13(14)15/h4-5,7-8,16H,3,6,9-12,15H2,1-2H3. The van der Waals surface area contributed by atoms with E-state index in [2.05, 4.69) is 16.3 Å². The molecule has 1 rings (SSSR count). The molecular weight excluding hydrogens is 226 g/mol. The summed E-state index contributed by atoms with van der Waals surface area (Å²) < 4.78 is 5.43. The number of para-hydroxylation sites is 2. The molecule has 4 nitrogen and oxygen atoms in total. The molecule has 102 valence electrons. The van der Waals surface area contributed by atoms with Crippen LogP contribution in [0, 0.1) is 0 Å². The molecule has 18 heavy (non-hydrogen) atoms. The average Bonchev–Trinajstić information content (AvgIpc) is 2.38. The highest BCUT2D eigenvalue weighted by atomic mass is 16.5. The second kappa shape index (κ2) is 8.78. The van der Waals surface area contributed by atoms with E-state index < -0.39 is 0 Å². The van der Waals surface area contributed by atoms with Crippen molar-refractivity contribution in [3.63, 3.8) is 0 Å². The van der Waals surface area contributed by atoms with Gasteiger partial charge in [-0.1, -0.05) is 12.1 Å². The van der Waals surface area contributed by atoms with Gasteiger partial charge in [0.1, 0.15) is 0 Å². The van der Waals surface area contributed by atoms with Gasteiger partial charge in [0.15, 0.2) is 0 Å². The van der Waals surface area contributed by atoms with Crippen LogP contribution < -0.4 is 16.0 Å². The van der Waals surface area contributed by atoms with Crippen molar-refractivity contribution in [3.05, 3.63) is 24.3 Å². The molecule has 0 atom stereocenters. The first-order chi connectivity index (χ1) is 8.79. The monoisotopic (exact) mass is 251 g/mol. The van der Waals surface area contributed by atoms with Crippen molar-refractivity contribution in [2.45, 2.75) is 13.3 Å². The van der Waals surface area contributed by atoms with Gasteiger partial charge in [0.25, 0.3) is 0 Å². The minimum Gasteiger partial charge on any atom is -0.397 e. The number of nitrogen functional groups attached to an aromatic ring is 1. The molecule has 1 aromatic rings. The maximum absolute atomic E-state index is 6.03. The SMILES string of the molecule is CCOCCN(CCCNC)c1ccccc1N. The lowest BCUT2D eigenvalue weighted by Gasteiger charge is -2.26. The maximum Gasteiger partial charge on any atom is 0.0641 e. The number of benzene rings is 1. The maximum atomic E-state index is 6.03. The van der Waals surface area contributed by atoms with E-state index in [9.17, 15) is 0 Å². The molecule has 0 saturated heterocycles. The Morgan fingerprint density at radius 1 is 1.28 bits per heavy atom. The Balaban J connectivity index is 2.60. The quantitative estimate of drug-likeness (QED) is 0.518. The summed E-state index contributed by atoms with van der Waals surface area (Å²) in [4.78, 5) is 2.29. The Labute approximate surface area is 110 Å². The van der Waals surface area contributed by atoms with E-state index >= 15 is 0 Å². The van der Waals surface area contributed by atoms with E-state index in [1.807, 2.05) is 32.2 Å². The molecular formula is C14H25N3O. The minimum absolute atomic E-state index is 0.740. The van der Waals surface area contributed by atoms with Gasteiger partial charge in [-0.3, -0.25) is 0 Å². The lowest BCUT2D eigenvalue weighted by molar-refractivity contribution is 0.154. The number of nitrogens with two attached hydrogens (primary N) is 1. The third kappa shape index (κ3) is 4.94. The third-order valence-corrected chi connectivity index (χ3v) is 2.84. The molecule has 3 N–H and O–H groups in total. The van der Waals surface area contributed by atoms with Crippen LogP contribution in [0.2, 0.25) is 0 Å². The molecule has 0 amide bonds. The molecule has 0 aliphatic heterocycles. The summed E-state index contributed by atoms with van der Waals surface area (Å²) in [5.41, 5.74) is 7.97. The van der Waals surface area contributed by atoms with Crippen molar-refractivity contribution < 1.29 is 4.74 Å². The van der Waals surface area contributed by atoms with Crippen LogP contribution in [-0.2, 0) is 4.74 Å². The van der Waals surface area contributed by atoms with Gasteiger partial charge >= 0.3 is 0 Å². The smallest absolute Gasteiger partial charge is 0.0641 e. The molecule has 0 radical (unpaired) electrons. The predicted molar refractivity (Wildman–Crippen MR) is 78.1 cm³/mol. The summed E-state index contributed by atoms with van der Waals surface area (Å²) in [6.07, 6.45) is 1.09. The van der Waals surface area contributed by atoms with Crippen LogP contribution in [0.1, 0.15) is 13.3 Å². The van der Waals surface area contributed by atoms with Crippen molar-refractivity contribution in [2.75, 3.05) is 50.5 Å². The zero-order valence-corrected chi connectivity index (χ0v) is 11.5. The normalized spacial score (nSPS) is 10.6. The van der Waals surface area contributed by atoms with Crippen molar-refractivity contribution >= 4 is 11.4 Å². The fourth-order valence-corrected chi connectivity index (χ4v) is 1.89. The number of rotatable bonds is 9. The third-order valence-electron chi connectivity index (χ3n) is 2.84. The van der Waals surface area contributed by atoms with Crippen LogP contribution in [0.3, 0.4) is 0 Å². The zero-order chi connectivity index (χ0) is 13.2. The summed E-state index contributed by atoms with van der Waals surface area (Å²) in [7, 11) is 1.97. The molecule has 0 bridgehead atoms. The van der Waals surface area contributed by atoms with Gasteiger partial charge < -0.3 is 20.7 Å². The summed E-state index contributed by atoms with van der Waals surface area (Å²) in [5, 5.41) is 3.17. The van der Waals surface area contributed by atoms with E-state index in [-0.39, 0.29) is 0 Å². The Bertz CT molecular complexity index is 321. The number of hydrogen-bond acceptors (Lipinski definition) is 4. The highest BCUT2D eigenvalue weighted by molar-refractivity contribution is 5.67. The molecule has 4 heteroatoms. The van der Waals surface area contributed by atoms with Gasteiger partial charge in [0.2, 0.25) is 0 Å². The first-order valence-electron chi connectivity index (χ1n) is 6.61. The first kappa shape index (κ1) is 14.8. The topological polar surface area (TPSA) is 50.5 Å². The van der Waals surface area contributed by atoms with Gasteiger partial charge in [-0.15, -0.1) is 0 Å². The van der Waals surface area contributed by atoms with Crippen LogP contribution in [0.25, 0.3) is 0 Å². The highest BCUT2D eigenvalue weighted by Gasteiger charge is 2.08. The second-order valence-electron chi connectivity index (χ2n) is 4.20. The van der Waals surface area contributed by atoms with Crippen molar-refractivity contribution in [1.82, 2.24) is 5.32 Å². The zero-order valence-electron chi connectivity index (χ0n) is 11.5. The largest absolute Gasteiger partial charge is 0.397 e. The van der Waals surface area contributed by atoms with Crippen molar-refractivity contribution in [3.8, 4) is 0 Å². The lowest BCUT2D eigenvalue weighted by Crippen LogP contribution is -2.30. The van der Waals surface area contributed by atoms with Crippen LogP contribution in [-0.4, -0.2) is 39.9 Å². The van der Waals surface area contributed by atoms with Gasteiger partial charge in [-0.05, 0) is 39.1 Å². The average molecular weight is 251 g/mol. The fourth-order valence-electron chi connectivity index (χ4n) is 1.89. The molecule has 0 heterocycles. The number of anilines is 2. The Morgan fingerprint density at radius 3 is 2.72 bits per heavy atom. The van der Waals surface area contributed by atoms with Crippen LogP contribution >= 0.6 is 0 Å². The molecule has 0 spiro atoms. The van der Waals surface area contributed by atoms with E-state index in [1.165, 1.54) is 0 Å². The fraction of sp³-hybridized carbons (Fsp3) is 0.571. The van der Waals surface area contributed by atoms with E-state index in [1.54, 1.807) is 0 Å². The molecule has 0 aliphatic rings. The van der Waals surface area contributed by atoms with Gasteiger partial charge in [0, 0.05) is 19.7 Å². The second-order valence-corrected chi connectivity index (χ2v) is 4.20. The van der Waals surface area contributed by atoms with Crippen molar-refractivity contribution in [2.24, 2.45) is 0 Å². The van der Waals surface area contributed by atoms with Gasteiger partial charge in [-0.2, -0.15) is 0 Å². The molecule has 0 saturated carbocycles. The molecule has 1 aromatic carbocycles. The summed E-state index contributed by atoms with van der Waals surface area (Å²) in [5.74, 6) is 0. The summed E-state index contributed by atoms with van der Waals surface area (Å²) in [6, 6.07) is 8.01. The van der Waals surface area contributed by atoms with Crippen LogP contribution in [0.5, 0.6) is 0 Å². The first-order valence-corrected chi connectivity index (χ1v) is 6.61. The van der Waals surface area contributed by atoms with E-state index in [0.717, 1.165) is 50.6 Å². The van der Waals surface area contributed by atoms with Crippen LogP contribution in [0.4, 0.5) is 11.4 Å².